The Bertz CT molecular complexity index is 383. The molecule has 1 aliphatic rings. The Morgan fingerprint density at radius 1 is 1.65 bits per heavy atom. The van der Waals surface area contributed by atoms with Crippen LogP contribution in [0, 0.1) is 0 Å². The molecule has 1 atom stereocenters. The first-order chi connectivity index (χ1) is 7.72. The van der Waals surface area contributed by atoms with Gasteiger partial charge in [0, 0.05) is 37.1 Å². The van der Waals surface area contributed by atoms with Gasteiger partial charge in [0.15, 0.2) is 0 Å². The molecule has 1 amide bonds. The molecule has 4 nitrogen and oxygen atoms in total. The molecule has 1 aromatic rings. The number of carbonyl (C=O) groups is 1. The summed E-state index contributed by atoms with van der Waals surface area (Å²) in [5.74, 6) is 0.874. The van der Waals surface area contributed by atoms with Crippen molar-refractivity contribution in [2.45, 2.75) is 13.0 Å². The summed E-state index contributed by atoms with van der Waals surface area (Å²) in [4.78, 5) is 14.9. The SMILES string of the molecule is COc1csc(C(=O)N2CCNC[C@H]2C)c1.Cl. The number of nitrogens with zero attached hydrogens (tertiary/aromatic N) is 1. The zero-order valence-corrected chi connectivity index (χ0v) is 11.6. The monoisotopic (exact) mass is 276 g/mol. The van der Waals surface area contributed by atoms with Crippen LogP contribution in [0.25, 0.3) is 0 Å². The normalized spacial score (nSPS) is 19.6. The van der Waals surface area contributed by atoms with E-state index in [4.69, 9.17) is 4.74 Å². The van der Waals surface area contributed by atoms with E-state index in [-0.39, 0.29) is 24.4 Å². The summed E-state index contributed by atoms with van der Waals surface area (Å²) in [5.41, 5.74) is 0. The predicted molar refractivity (Wildman–Crippen MR) is 71.5 cm³/mol. The van der Waals surface area contributed by atoms with Crippen LogP contribution in [0.2, 0.25) is 0 Å². The van der Waals surface area contributed by atoms with Crippen molar-refractivity contribution >= 4 is 29.7 Å². The Hall–Kier alpha value is -0.780. The molecule has 0 unspecified atom stereocenters. The highest BCUT2D eigenvalue weighted by Crippen LogP contribution is 2.23. The summed E-state index contributed by atoms with van der Waals surface area (Å²) < 4.78 is 5.09. The molecular weight excluding hydrogens is 260 g/mol. The fourth-order valence-electron chi connectivity index (χ4n) is 1.82. The van der Waals surface area contributed by atoms with Gasteiger partial charge in [0.1, 0.15) is 5.75 Å². The van der Waals surface area contributed by atoms with Crippen molar-refractivity contribution in [1.29, 1.82) is 0 Å². The van der Waals surface area contributed by atoms with E-state index in [1.807, 2.05) is 16.3 Å². The lowest BCUT2D eigenvalue weighted by Crippen LogP contribution is -2.52. The smallest absolute Gasteiger partial charge is 0.264 e. The second kappa shape index (κ2) is 6.23. The Balaban J connectivity index is 0.00000144. The van der Waals surface area contributed by atoms with Crippen molar-refractivity contribution in [3.63, 3.8) is 0 Å². The number of ether oxygens (including phenoxy) is 1. The van der Waals surface area contributed by atoms with Crippen LogP contribution in [-0.2, 0) is 0 Å². The van der Waals surface area contributed by atoms with E-state index in [1.54, 1.807) is 7.11 Å². The van der Waals surface area contributed by atoms with Crippen molar-refractivity contribution in [2.75, 3.05) is 26.7 Å². The Morgan fingerprint density at radius 3 is 3.00 bits per heavy atom. The molecule has 1 aromatic heterocycles. The minimum Gasteiger partial charge on any atom is -0.496 e. The van der Waals surface area contributed by atoms with Gasteiger partial charge in [-0.15, -0.1) is 23.7 Å². The third kappa shape index (κ3) is 3.12. The Morgan fingerprint density at radius 2 is 2.41 bits per heavy atom. The van der Waals surface area contributed by atoms with Crippen molar-refractivity contribution in [2.24, 2.45) is 0 Å². The van der Waals surface area contributed by atoms with E-state index in [0.717, 1.165) is 30.3 Å². The molecule has 2 rings (SSSR count). The van der Waals surface area contributed by atoms with Crippen LogP contribution >= 0.6 is 23.7 Å². The Kier molecular flexibility index (Phi) is 5.24. The maximum absolute atomic E-state index is 12.2. The van der Waals surface area contributed by atoms with Crippen molar-refractivity contribution < 1.29 is 9.53 Å². The summed E-state index contributed by atoms with van der Waals surface area (Å²) in [6.45, 7) is 4.59. The first kappa shape index (κ1) is 14.3. The average Bonchev–Trinajstić information content (AvgIpc) is 2.77. The summed E-state index contributed by atoms with van der Waals surface area (Å²) in [5, 5.41) is 5.13. The number of amides is 1. The zero-order valence-electron chi connectivity index (χ0n) is 9.93. The average molecular weight is 277 g/mol. The van der Waals surface area contributed by atoms with Gasteiger partial charge in [-0.05, 0) is 6.92 Å². The van der Waals surface area contributed by atoms with Gasteiger partial charge in [0.05, 0.1) is 12.0 Å². The number of rotatable bonds is 2. The number of methoxy groups -OCH3 is 1. The Labute approximate surface area is 111 Å². The summed E-state index contributed by atoms with van der Waals surface area (Å²) in [7, 11) is 1.61. The number of carbonyl (C=O) groups excluding carboxylic acids is 1. The molecule has 1 N–H and O–H groups in total. The molecule has 96 valence electrons. The lowest BCUT2D eigenvalue weighted by atomic mass is 10.2. The molecule has 17 heavy (non-hydrogen) atoms. The quantitative estimate of drug-likeness (QED) is 0.892. The molecule has 6 heteroatoms. The van der Waals surface area contributed by atoms with Gasteiger partial charge in [-0.1, -0.05) is 0 Å². The largest absolute Gasteiger partial charge is 0.496 e. The minimum atomic E-state index is 0. The first-order valence-corrected chi connectivity index (χ1v) is 6.24. The molecule has 0 radical (unpaired) electrons. The van der Waals surface area contributed by atoms with Crippen molar-refractivity contribution in [3.05, 3.63) is 16.3 Å². The predicted octanol–water partition coefficient (Wildman–Crippen LogP) is 1.61. The van der Waals surface area contributed by atoms with Crippen LogP contribution in [0.15, 0.2) is 11.4 Å². The van der Waals surface area contributed by atoms with Crippen molar-refractivity contribution in [3.8, 4) is 5.75 Å². The number of hydrogen-bond acceptors (Lipinski definition) is 4. The maximum atomic E-state index is 12.2. The van der Waals surface area contributed by atoms with Crippen LogP contribution in [0.5, 0.6) is 5.75 Å². The van der Waals surface area contributed by atoms with E-state index in [0.29, 0.717) is 0 Å². The van der Waals surface area contributed by atoms with Gasteiger partial charge in [0.25, 0.3) is 5.91 Å². The summed E-state index contributed by atoms with van der Waals surface area (Å²) in [6.07, 6.45) is 0. The van der Waals surface area contributed by atoms with Gasteiger partial charge in [-0.2, -0.15) is 0 Å². The highest BCUT2D eigenvalue weighted by molar-refractivity contribution is 7.12. The highest BCUT2D eigenvalue weighted by Gasteiger charge is 2.25. The summed E-state index contributed by atoms with van der Waals surface area (Å²) in [6, 6.07) is 2.07. The van der Waals surface area contributed by atoms with Crippen LogP contribution in [0.4, 0.5) is 0 Å². The van der Waals surface area contributed by atoms with Gasteiger partial charge in [-0.25, -0.2) is 0 Å². The molecule has 1 saturated heterocycles. The van der Waals surface area contributed by atoms with Crippen LogP contribution in [-0.4, -0.2) is 43.6 Å². The van der Waals surface area contributed by atoms with Gasteiger partial charge < -0.3 is 15.0 Å². The third-order valence-corrected chi connectivity index (χ3v) is 3.68. The number of thiophene rings is 1. The minimum absolute atomic E-state index is 0. The molecule has 0 saturated carbocycles. The second-order valence-electron chi connectivity index (χ2n) is 3.90. The van der Waals surface area contributed by atoms with Crippen LogP contribution in [0.3, 0.4) is 0 Å². The van der Waals surface area contributed by atoms with Gasteiger partial charge >= 0.3 is 0 Å². The van der Waals surface area contributed by atoms with Gasteiger partial charge in [0.2, 0.25) is 0 Å². The molecule has 0 bridgehead atoms. The number of halogens is 1. The van der Waals surface area contributed by atoms with Crippen LogP contribution < -0.4 is 10.1 Å². The number of piperazine rings is 1. The number of nitrogens with one attached hydrogen (secondary N) is 1. The summed E-state index contributed by atoms with van der Waals surface area (Å²) >= 11 is 1.44. The van der Waals surface area contributed by atoms with E-state index >= 15 is 0 Å². The molecule has 0 spiro atoms. The topological polar surface area (TPSA) is 41.6 Å². The van der Waals surface area contributed by atoms with Crippen LogP contribution in [0.1, 0.15) is 16.6 Å². The van der Waals surface area contributed by atoms with E-state index in [9.17, 15) is 4.79 Å². The van der Waals surface area contributed by atoms with E-state index in [1.165, 1.54) is 11.3 Å². The second-order valence-corrected chi connectivity index (χ2v) is 4.81. The third-order valence-electron chi connectivity index (χ3n) is 2.78. The highest BCUT2D eigenvalue weighted by atomic mass is 35.5. The molecule has 0 aromatic carbocycles. The first-order valence-electron chi connectivity index (χ1n) is 5.36. The molecule has 0 aliphatic carbocycles. The lowest BCUT2D eigenvalue weighted by molar-refractivity contribution is 0.0660. The molecule has 1 fully saturated rings. The molecular formula is C11H17ClN2O2S. The van der Waals surface area contributed by atoms with E-state index in [2.05, 4.69) is 12.2 Å². The lowest BCUT2D eigenvalue weighted by Gasteiger charge is -2.33. The van der Waals surface area contributed by atoms with Crippen molar-refractivity contribution in [1.82, 2.24) is 10.2 Å². The fourth-order valence-corrected chi connectivity index (χ4v) is 2.63. The standard InChI is InChI=1S/C11H16N2O2S.ClH/c1-8-6-12-3-4-13(8)11(14)10-5-9(15-2)7-16-10;/h5,7-8,12H,3-4,6H2,1-2H3;1H/t8-;/m1./s1. The number of hydrogen-bond donors (Lipinski definition) is 1. The zero-order chi connectivity index (χ0) is 11.5. The van der Waals surface area contributed by atoms with E-state index < -0.39 is 0 Å². The fraction of sp³-hybridized carbons (Fsp3) is 0.545. The molecule has 1 aliphatic heterocycles. The maximum Gasteiger partial charge on any atom is 0.264 e. The van der Waals surface area contributed by atoms with Gasteiger partial charge in [-0.3, -0.25) is 4.79 Å². The molecule has 2 heterocycles.